The molecule has 3 aromatic carbocycles. The van der Waals surface area contributed by atoms with Gasteiger partial charge in [0.05, 0.1) is 18.9 Å². The van der Waals surface area contributed by atoms with Crippen LogP contribution in [0.3, 0.4) is 0 Å². The zero-order chi connectivity index (χ0) is 26.8. The number of amides is 1. The van der Waals surface area contributed by atoms with E-state index < -0.39 is 45.3 Å². The van der Waals surface area contributed by atoms with Gasteiger partial charge in [-0.05, 0) is 47.9 Å². The average Bonchev–Trinajstić information content (AvgIpc) is 2.83. The molecule has 1 aliphatic rings. The zero-order valence-electron chi connectivity index (χ0n) is 20.3. The molecule has 2 atom stereocenters. The van der Waals surface area contributed by atoms with Crippen molar-refractivity contribution in [1.82, 2.24) is 4.90 Å². The highest BCUT2D eigenvalue weighted by atomic mass is 32.2. The number of ether oxygens (including phenoxy) is 1. The van der Waals surface area contributed by atoms with E-state index in [4.69, 9.17) is 8.92 Å². The quantitative estimate of drug-likeness (QED) is 0.335. The molecule has 10 heteroatoms. The lowest BCUT2D eigenvalue weighted by Gasteiger charge is -2.43. The van der Waals surface area contributed by atoms with Gasteiger partial charge in [-0.2, -0.15) is 8.42 Å². The molecule has 0 saturated carbocycles. The van der Waals surface area contributed by atoms with E-state index in [0.717, 1.165) is 17.9 Å². The minimum atomic E-state index is -3.70. The Morgan fingerprint density at radius 1 is 1.00 bits per heavy atom. The monoisotopic (exact) mass is 533 g/mol. The van der Waals surface area contributed by atoms with Crippen LogP contribution in [0.15, 0.2) is 66.7 Å². The van der Waals surface area contributed by atoms with Gasteiger partial charge in [-0.25, -0.2) is 18.0 Å². The molecule has 196 valence electrons. The van der Waals surface area contributed by atoms with Crippen LogP contribution < -0.4 is 0 Å². The molecule has 0 spiro atoms. The second-order valence-corrected chi connectivity index (χ2v) is 10.7. The normalized spacial score (nSPS) is 18.9. The maximum absolute atomic E-state index is 14.2. The van der Waals surface area contributed by atoms with Crippen LogP contribution in [-0.4, -0.2) is 38.8 Å². The van der Waals surface area contributed by atoms with Crippen molar-refractivity contribution >= 4 is 16.2 Å². The van der Waals surface area contributed by atoms with Crippen LogP contribution in [-0.2, 0) is 24.6 Å². The number of carbonyl (C=O) groups excluding carboxylic acids is 1. The largest absolute Gasteiger partial charge is 0.438 e. The molecule has 37 heavy (non-hydrogen) atoms. The molecular weight excluding hydrogens is 507 g/mol. The molecule has 0 aliphatic carbocycles. The molecule has 0 radical (unpaired) electrons. The fourth-order valence-corrected chi connectivity index (χ4v) is 4.89. The minimum Gasteiger partial charge on any atom is -0.438 e. The topological polar surface area (TPSA) is 72.9 Å². The molecule has 6 nitrogen and oxygen atoms in total. The Kier molecular flexibility index (Phi) is 7.61. The Bertz CT molecular complexity index is 1380. The van der Waals surface area contributed by atoms with E-state index in [-0.39, 0.29) is 25.1 Å². The summed E-state index contributed by atoms with van der Waals surface area (Å²) in [5.41, 5.74) is 0.958. The van der Waals surface area contributed by atoms with Gasteiger partial charge in [0.25, 0.3) is 10.1 Å². The lowest BCUT2D eigenvalue weighted by atomic mass is 9.85. The van der Waals surface area contributed by atoms with Crippen LogP contribution in [0.2, 0.25) is 0 Å². The summed E-state index contributed by atoms with van der Waals surface area (Å²) in [6.07, 6.45) is 0.707. The Balaban J connectivity index is 1.52. The van der Waals surface area contributed by atoms with E-state index in [1.54, 1.807) is 24.3 Å². The first kappa shape index (κ1) is 26.7. The molecule has 1 fully saturated rings. The van der Waals surface area contributed by atoms with Gasteiger partial charge in [0.15, 0.2) is 0 Å². The number of benzene rings is 3. The Morgan fingerprint density at radius 2 is 1.65 bits per heavy atom. The minimum absolute atomic E-state index is 0.0671. The predicted molar refractivity (Wildman–Crippen MR) is 132 cm³/mol. The number of rotatable bonds is 8. The van der Waals surface area contributed by atoms with Crippen molar-refractivity contribution in [3.05, 3.63) is 95.3 Å². The highest BCUT2D eigenvalue weighted by Crippen LogP contribution is 2.40. The van der Waals surface area contributed by atoms with E-state index in [9.17, 15) is 26.4 Å². The van der Waals surface area contributed by atoms with E-state index in [1.807, 2.05) is 6.92 Å². The summed E-state index contributed by atoms with van der Waals surface area (Å²) >= 11 is 0. The number of halogens is 3. The van der Waals surface area contributed by atoms with Gasteiger partial charge >= 0.3 is 6.09 Å². The van der Waals surface area contributed by atoms with Crippen LogP contribution in [0.4, 0.5) is 18.0 Å². The van der Waals surface area contributed by atoms with Crippen molar-refractivity contribution in [2.45, 2.75) is 31.4 Å². The van der Waals surface area contributed by atoms with Crippen LogP contribution in [0, 0.1) is 17.5 Å². The van der Waals surface area contributed by atoms with Crippen LogP contribution in [0.5, 0.6) is 0 Å². The summed E-state index contributed by atoms with van der Waals surface area (Å²) in [6.45, 7) is 1.90. The van der Waals surface area contributed by atoms with E-state index in [2.05, 4.69) is 0 Å². The first-order chi connectivity index (χ1) is 17.5. The molecule has 1 heterocycles. The number of carbonyl (C=O) groups is 1. The van der Waals surface area contributed by atoms with E-state index in [0.29, 0.717) is 17.5 Å². The molecule has 4 rings (SSSR count). The SMILES string of the molecule is C[C@@H](c1ccc(-c2ccc(F)cc2F)cc1)N1CCC(CCOS(C)(=O)=O)(c2ccc(F)cc2)OC1=O. The first-order valence-corrected chi connectivity index (χ1v) is 13.4. The third-order valence-electron chi connectivity index (χ3n) is 6.55. The van der Waals surface area contributed by atoms with E-state index in [1.165, 1.54) is 41.3 Å². The smallest absolute Gasteiger partial charge is 0.411 e. The molecule has 0 bridgehead atoms. The van der Waals surface area contributed by atoms with E-state index >= 15 is 0 Å². The molecule has 3 aromatic rings. The van der Waals surface area contributed by atoms with Gasteiger partial charge in [0.2, 0.25) is 0 Å². The molecule has 1 amide bonds. The lowest BCUT2D eigenvalue weighted by Crippen LogP contribution is -2.49. The average molecular weight is 534 g/mol. The second-order valence-electron chi connectivity index (χ2n) is 9.01. The Labute approximate surface area is 213 Å². The Hall–Kier alpha value is -3.37. The molecule has 1 aliphatic heterocycles. The molecule has 0 N–H and O–H groups in total. The summed E-state index contributed by atoms with van der Waals surface area (Å²) in [6, 6.07) is 15.4. The molecule has 0 aromatic heterocycles. The highest BCUT2D eigenvalue weighted by molar-refractivity contribution is 7.85. The summed E-state index contributed by atoms with van der Waals surface area (Å²) in [5.74, 6) is -1.78. The number of cyclic esters (lactones) is 1. The maximum atomic E-state index is 14.2. The van der Waals surface area contributed by atoms with Gasteiger partial charge in [0, 0.05) is 31.0 Å². The lowest BCUT2D eigenvalue weighted by molar-refractivity contribution is -0.0701. The van der Waals surface area contributed by atoms with Crippen molar-refractivity contribution in [2.75, 3.05) is 19.4 Å². The van der Waals surface area contributed by atoms with Crippen molar-refractivity contribution in [2.24, 2.45) is 0 Å². The van der Waals surface area contributed by atoms with Crippen LogP contribution in [0.1, 0.15) is 36.9 Å². The van der Waals surface area contributed by atoms with Crippen LogP contribution >= 0.6 is 0 Å². The van der Waals surface area contributed by atoms with Gasteiger partial charge in [0.1, 0.15) is 23.1 Å². The van der Waals surface area contributed by atoms with Gasteiger partial charge in [-0.1, -0.05) is 36.4 Å². The van der Waals surface area contributed by atoms with Crippen LogP contribution in [0.25, 0.3) is 11.1 Å². The molecule has 1 saturated heterocycles. The number of hydrogen-bond acceptors (Lipinski definition) is 5. The highest BCUT2D eigenvalue weighted by Gasteiger charge is 2.43. The summed E-state index contributed by atoms with van der Waals surface area (Å²) in [7, 11) is -3.70. The van der Waals surface area contributed by atoms with Crippen molar-refractivity contribution in [1.29, 1.82) is 0 Å². The number of hydrogen-bond donors (Lipinski definition) is 0. The maximum Gasteiger partial charge on any atom is 0.411 e. The summed E-state index contributed by atoms with van der Waals surface area (Å²) in [5, 5.41) is 0. The third kappa shape index (κ3) is 6.14. The van der Waals surface area contributed by atoms with Gasteiger partial charge < -0.3 is 9.64 Å². The van der Waals surface area contributed by atoms with Gasteiger partial charge in [-0.3, -0.25) is 4.18 Å². The fourth-order valence-electron chi connectivity index (χ4n) is 4.50. The zero-order valence-corrected chi connectivity index (χ0v) is 21.1. The number of nitrogens with zero attached hydrogens (tertiary/aromatic N) is 1. The Morgan fingerprint density at radius 3 is 2.24 bits per heavy atom. The first-order valence-electron chi connectivity index (χ1n) is 11.6. The third-order valence-corrected chi connectivity index (χ3v) is 7.14. The van der Waals surface area contributed by atoms with Crippen molar-refractivity contribution < 1.29 is 35.3 Å². The second kappa shape index (κ2) is 10.5. The van der Waals surface area contributed by atoms with Crippen molar-refractivity contribution in [3.8, 4) is 11.1 Å². The standard InChI is InChI=1S/C27H26F3NO5S/c1-18(19-3-5-20(6-4-19)24-12-11-23(29)17-25(24)30)31-15-13-27(36-26(31)32,14-16-35-37(2,33)34)21-7-9-22(28)10-8-21/h3-12,17-18H,13-16H2,1-2H3/t18-,27?/m0/s1. The van der Waals surface area contributed by atoms with Gasteiger partial charge in [-0.15, -0.1) is 0 Å². The summed E-state index contributed by atoms with van der Waals surface area (Å²) < 4.78 is 74.6. The molecule has 1 unspecified atom stereocenters. The van der Waals surface area contributed by atoms with Crippen molar-refractivity contribution in [3.63, 3.8) is 0 Å². The summed E-state index contributed by atoms with van der Waals surface area (Å²) in [4.78, 5) is 14.7. The predicted octanol–water partition coefficient (Wildman–Crippen LogP) is 5.94. The molecular formula is C27H26F3NO5S. The fraction of sp³-hybridized carbons (Fsp3) is 0.296.